The number of halogens is 1. The molecule has 0 unspecified atom stereocenters. The first kappa shape index (κ1) is 10.5. The van der Waals surface area contributed by atoms with Gasteiger partial charge in [0.1, 0.15) is 11.4 Å². The maximum Gasteiger partial charge on any atom is 0.251 e. The summed E-state index contributed by atoms with van der Waals surface area (Å²) in [4.78, 5) is 21.8. The summed E-state index contributed by atoms with van der Waals surface area (Å²) in [5.41, 5.74) is 1.87. The number of nitrogens with zero attached hydrogens (tertiary/aromatic N) is 1. The number of carbonyl (C=O) groups is 1. The fraction of sp³-hybridized carbons (Fsp3) is 0.300. The molecule has 1 amide bonds. The SMILES string of the molecule is O=NNC1(C(=O)Nc2ccc(F)cc2)CC1. The summed E-state index contributed by atoms with van der Waals surface area (Å²) in [6.07, 6.45) is 1.15. The number of carbonyl (C=O) groups excluding carboxylic acids is 1. The number of hydrogen-bond acceptors (Lipinski definition) is 3. The second kappa shape index (κ2) is 3.88. The number of nitroso groups, excluding NO2 is 1. The van der Waals surface area contributed by atoms with E-state index in [1.165, 1.54) is 24.3 Å². The number of rotatable bonds is 4. The van der Waals surface area contributed by atoms with Crippen molar-refractivity contribution in [2.24, 2.45) is 5.29 Å². The summed E-state index contributed by atoms with van der Waals surface area (Å²) in [6.45, 7) is 0. The highest BCUT2D eigenvalue weighted by Crippen LogP contribution is 2.36. The molecule has 2 rings (SSSR count). The van der Waals surface area contributed by atoms with Gasteiger partial charge in [0.2, 0.25) is 0 Å². The molecule has 16 heavy (non-hydrogen) atoms. The first-order chi connectivity index (χ1) is 7.66. The summed E-state index contributed by atoms with van der Waals surface area (Å²) in [5, 5.41) is 5.12. The van der Waals surface area contributed by atoms with E-state index >= 15 is 0 Å². The Kier molecular flexibility index (Phi) is 2.55. The molecule has 1 saturated carbocycles. The Morgan fingerprint density at radius 2 is 1.94 bits per heavy atom. The van der Waals surface area contributed by atoms with Crippen molar-refractivity contribution in [2.45, 2.75) is 18.4 Å². The Balaban J connectivity index is 2.02. The molecule has 0 aromatic heterocycles. The molecule has 6 heteroatoms. The Bertz CT molecular complexity index is 415. The van der Waals surface area contributed by atoms with Crippen LogP contribution in [0.4, 0.5) is 10.1 Å². The summed E-state index contributed by atoms with van der Waals surface area (Å²) in [5.74, 6) is -0.689. The molecule has 0 aliphatic heterocycles. The topological polar surface area (TPSA) is 70.6 Å². The van der Waals surface area contributed by atoms with Gasteiger partial charge in [-0.15, -0.1) is 4.91 Å². The number of anilines is 1. The van der Waals surface area contributed by atoms with E-state index < -0.39 is 5.54 Å². The molecular formula is C10H10FN3O2. The minimum Gasteiger partial charge on any atom is -0.324 e. The lowest BCUT2D eigenvalue weighted by atomic mass is 10.2. The summed E-state index contributed by atoms with van der Waals surface area (Å²) >= 11 is 0. The van der Waals surface area contributed by atoms with Gasteiger partial charge in [-0.1, -0.05) is 0 Å². The minimum absolute atomic E-state index is 0.321. The van der Waals surface area contributed by atoms with Crippen LogP contribution in [-0.4, -0.2) is 11.4 Å². The van der Waals surface area contributed by atoms with E-state index in [1.54, 1.807) is 0 Å². The highest BCUT2D eigenvalue weighted by molar-refractivity contribution is 6.00. The number of amides is 1. The largest absolute Gasteiger partial charge is 0.324 e. The molecule has 5 nitrogen and oxygen atoms in total. The van der Waals surface area contributed by atoms with Gasteiger partial charge in [-0.05, 0) is 37.1 Å². The van der Waals surface area contributed by atoms with E-state index in [2.05, 4.69) is 16.0 Å². The molecule has 0 bridgehead atoms. The van der Waals surface area contributed by atoms with Crippen LogP contribution in [0.5, 0.6) is 0 Å². The predicted molar refractivity (Wildman–Crippen MR) is 55.9 cm³/mol. The van der Waals surface area contributed by atoms with Crippen molar-refractivity contribution in [3.05, 3.63) is 35.0 Å². The average molecular weight is 223 g/mol. The quantitative estimate of drug-likeness (QED) is 0.601. The molecule has 1 fully saturated rings. The fourth-order valence-electron chi connectivity index (χ4n) is 1.39. The second-order valence-corrected chi connectivity index (χ2v) is 3.75. The van der Waals surface area contributed by atoms with Crippen LogP contribution < -0.4 is 10.7 Å². The van der Waals surface area contributed by atoms with Crippen LogP contribution in [0.2, 0.25) is 0 Å². The Hall–Kier alpha value is -1.98. The first-order valence-corrected chi connectivity index (χ1v) is 4.83. The standard InChI is InChI=1S/C10H10FN3O2/c11-7-1-3-8(4-2-7)12-9(15)10(5-6-10)13-14-16/h1-4H,5-6H2,(H,12,15)(H,13,16). The molecule has 0 heterocycles. The maximum absolute atomic E-state index is 12.6. The third kappa shape index (κ3) is 2.00. The van der Waals surface area contributed by atoms with Crippen molar-refractivity contribution >= 4 is 11.6 Å². The molecule has 2 N–H and O–H groups in total. The van der Waals surface area contributed by atoms with Crippen molar-refractivity contribution in [1.82, 2.24) is 5.43 Å². The Morgan fingerprint density at radius 3 is 2.44 bits per heavy atom. The Morgan fingerprint density at radius 1 is 1.31 bits per heavy atom. The van der Waals surface area contributed by atoms with E-state index in [0.29, 0.717) is 18.5 Å². The van der Waals surface area contributed by atoms with E-state index in [1.807, 2.05) is 0 Å². The zero-order valence-electron chi connectivity index (χ0n) is 8.37. The van der Waals surface area contributed by atoms with Crippen molar-refractivity contribution in [3.8, 4) is 0 Å². The zero-order chi connectivity index (χ0) is 11.6. The highest BCUT2D eigenvalue weighted by atomic mass is 19.1. The third-order valence-corrected chi connectivity index (χ3v) is 2.55. The Labute approximate surface area is 91.0 Å². The van der Waals surface area contributed by atoms with Gasteiger partial charge in [-0.2, -0.15) is 0 Å². The number of hydrogen-bond donors (Lipinski definition) is 2. The molecule has 0 spiro atoms. The first-order valence-electron chi connectivity index (χ1n) is 4.83. The predicted octanol–water partition coefficient (Wildman–Crippen LogP) is 1.57. The van der Waals surface area contributed by atoms with Crippen LogP contribution in [0.3, 0.4) is 0 Å². The van der Waals surface area contributed by atoms with Gasteiger partial charge >= 0.3 is 0 Å². The smallest absolute Gasteiger partial charge is 0.251 e. The van der Waals surface area contributed by atoms with Crippen molar-refractivity contribution < 1.29 is 9.18 Å². The van der Waals surface area contributed by atoms with E-state index in [0.717, 1.165) is 0 Å². The monoisotopic (exact) mass is 223 g/mol. The molecule has 1 aromatic carbocycles. The van der Waals surface area contributed by atoms with E-state index in [4.69, 9.17) is 0 Å². The summed E-state index contributed by atoms with van der Waals surface area (Å²) in [6, 6.07) is 5.41. The molecule has 84 valence electrons. The third-order valence-electron chi connectivity index (χ3n) is 2.55. The fourth-order valence-corrected chi connectivity index (χ4v) is 1.39. The van der Waals surface area contributed by atoms with Crippen LogP contribution in [-0.2, 0) is 4.79 Å². The lowest BCUT2D eigenvalue weighted by molar-refractivity contribution is -0.119. The molecular weight excluding hydrogens is 213 g/mol. The molecule has 1 aliphatic carbocycles. The number of benzene rings is 1. The molecule has 0 atom stereocenters. The average Bonchev–Trinajstić information content (AvgIpc) is 3.03. The van der Waals surface area contributed by atoms with Gasteiger partial charge in [0.05, 0.1) is 5.29 Å². The molecule has 0 radical (unpaired) electrons. The highest BCUT2D eigenvalue weighted by Gasteiger charge is 2.50. The van der Waals surface area contributed by atoms with Crippen LogP contribution in [0, 0.1) is 10.7 Å². The van der Waals surface area contributed by atoms with Gasteiger partial charge in [0.25, 0.3) is 5.91 Å². The number of nitrogens with one attached hydrogen (secondary N) is 2. The van der Waals surface area contributed by atoms with Gasteiger partial charge in [0, 0.05) is 5.69 Å². The van der Waals surface area contributed by atoms with Crippen molar-refractivity contribution in [2.75, 3.05) is 5.32 Å². The normalized spacial score (nSPS) is 16.3. The second-order valence-electron chi connectivity index (χ2n) is 3.75. The molecule has 1 aliphatic rings. The van der Waals surface area contributed by atoms with Crippen LogP contribution in [0.15, 0.2) is 29.6 Å². The van der Waals surface area contributed by atoms with Crippen molar-refractivity contribution in [1.29, 1.82) is 0 Å². The maximum atomic E-state index is 12.6. The molecule has 1 aromatic rings. The minimum atomic E-state index is -0.865. The van der Waals surface area contributed by atoms with Crippen molar-refractivity contribution in [3.63, 3.8) is 0 Å². The van der Waals surface area contributed by atoms with Crippen LogP contribution >= 0.6 is 0 Å². The van der Waals surface area contributed by atoms with Gasteiger partial charge in [-0.3, -0.25) is 10.2 Å². The van der Waals surface area contributed by atoms with E-state index in [9.17, 15) is 14.1 Å². The van der Waals surface area contributed by atoms with Crippen LogP contribution in [0.25, 0.3) is 0 Å². The van der Waals surface area contributed by atoms with Gasteiger partial charge in [-0.25, -0.2) is 4.39 Å². The molecule has 0 saturated heterocycles. The van der Waals surface area contributed by atoms with Gasteiger partial charge in [0.15, 0.2) is 0 Å². The summed E-state index contributed by atoms with van der Waals surface area (Å²) in [7, 11) is 0. The van der Waals surface area contributed by atoms with E-state index in [-0.39, 0.29) is 11.7 Å². The van der Waals surface area contributed by atoms with Gasteiger partial charge < -0.3 is 5.32 Å². The van der Waals surface area contributed by atoms with Crippen LogP contribution in [0.1, 0.15) is 12.8 Å². The lowest BCUT2D eigenvalue weighted by Crippen LogP contribution is -2.39. The summed E-state index contributed by atoms with van der Waals surface area (Å²) < 4.78 is 12.6. The zero-order valence-corrected chi connectivity index (χ0v) is 8.37. The lowest BCUT2D eigenvalue weighted by Gasteiger charge is -2.12.